The van der Waals surface area contributed by atoms with Gasteiger partial charge in [0.2, 0.25) is 5.91 Å². The van der Waals surface area contributed by atoms with Crippen LogP contribution in [0.15, 0.2) is 0 Å². The zero-order chi connectivity index (χ0) is 9.72. The van der Waals surface area contributed by atoms with E-state index in [1.54, 1.807) is 26.0 Å². The summed E-state index contributed by atoms with van der Waals surface area (Å²) in [4.78, 5) is 12.8. The van der Waals surface area contributed by atoms with Gasteiger partial charge in [-0.3, -0.25) is 9.69 Å². The van der Waals surface area contributed by atoms with Crippen molar-refractivity contribution in [2.45, 2.75) is 19.6 Å². The molecule has 4 nitrogen and oxygen atoms in total. The van der Waals surface area contributed by atoms with E-state index in [0.717, 1.165) is 0 Å². The molecule has 0 saturated carbocycles. The van der Waals surface area contributed by atoms with Gasteiger partial charge in [0.1, 0.15) is 6.23 Å². The maximum atomic E-state index is 11.2. The van der Waals surface area contributed by atoms with Crippen LogP contribution in [0.3, 0.4) is 0 Å². The minimum absolute atomic E-state index is 0.112. The third-order valence-corrected chi connectivity index (χ3v) is 1.91. The Kier molecular flexibility index (Phi) is 4.85. The van der Waals surface area contributed by atoms with Crippen molar-refractivity contribution in [1.29, 1.82) is 0 Å². The molecule has 0 aliphatic heterocycles. The monoisotopic (exact) mass is 174 g/mol. The SMILES string of the molecule is CCC(C(=O)NC)C(O)N(C)C. The Labute approximate surface area is 73.6 Å². The molecule has 12 heavy (non-hydrogen) atoms. The Hall–Kier alpha value is -0.610. The van der Waals surface area contributed by atoms with Gasteiger partial charge in [-0.2, -0.15) is 0 Å². The van der Waals surface area contributed by atoms with Crippen LogP contribution in [0.2, 0.25) is 0 Å². The van der Waals surface area contributed by atoms with Crippen LogP contribution >= 0.6 is 0 Å². The fraction of sp³-hybridized carbons (Fsp3) is 0.875. The lowest BCUT2D eigenvalue weighted by atomic mass is 10.0. The minimum atomic E-state index is -0.699. The molecule has 1 amide bonds. The van der Waals surface area contributed by atoms with Crippen LogP contribution in [0.4, 0.5) is 0 Å². The molecule has 0 aromatic rings. The van der Waals surface area contributed by atoms with Crippen LogP contribution in [0, 0.1) is 5.92 Å². The molecule has 2 unspecified atom stereocenters. The maximum Gasteiger partial charge on any atom is 0.226 e. The van der Waals surface area contributed by atoms with E-state index in [2.05, 4.69) is 5.32 Å². The molecular weight excluding hydrogens is 156 g/mol. The number of hydrogen-bond donors (Lipinski definition) is 2. The Bertz CT molecular complexity index is 148. The van der Waals surface area contributed by atoms with E-state index < -0.39 is 6.23 Å². The Balaban J connectivity index is 4.23. The fourth-order valence-corrected chi connectivity index (χ4v) is 1.08. The van der Waals surface area contributed by atoms with Crippen LogP contribution in [-0.4, -0.2) is 43.3 Å². The number of aliphatic hydroxyl groups is 1. The van der Waals surface area contributed by atoms with Crippen LogP contribution in [-0.2, 0) is 4.79 Å². The van der Waals surface area contributed by atoms with Crippen molar-refractivity contribution in [3.63, 3.8) is 0 Å². The van der Waals surface area contributed by atoms with Crippen LogP contribution in [0.25, 0.3) is 0 Å². The normalized spacial score (nSPS) is 15.8. The molecule has 0 aromatic heterocycles. The smallest absolute Gasteiger partial charge is 0.226 e. The van der Waals surface area contributed by atoms with Gasteiger partial charge in [-0.15, -0.1) is 0 Å². The van der Waals surface area contributed by atoms with Gasteiger partial charge in [-0.1, -0.05) is 6.92 Å². The highest BCUT2D eigenvalue weighted by Gasteiger charge is 2.25. The lowest BCUT2D eigenvalue weighted by molar-refractivity contribution is -0.132. The first-order chi connectivity index (χ1) is 5.54. The second kappa shape index (κ2) is 5.11. The highest BCUT2D eigenvalue weighted by Crippen LogP contribution is 2.10. The molecule has 0 heterocycles. The first-order valence-electron chi connectivity index (χ1n) is 4.10. The summed E-state index contributed by atoms with van der Waals surface area (Å²) in [5.74, 6) is -0.455. The molecule has 0 radical (unpaired) electrons. The summed E-state index contributed by atoms with van der Waals surface area (Å²) < 4.78 is 0. The predicted molar refractivity (Wildman–Crippen MR) is 47.5 cm³/mol. The van der Waals surface area contributed by atoms with Gasteiger partial charge in [0.05, 0.1) is 5.92 Å². The number of carbonyl (C=O) groups excluding carboxylic acids is 1. The number of aliphatic hydroxyl groups excluding tert-OH is 1. The predicted octanol–water partition coefficient (Wildman–Crippen LogP) is -0.361. The van der Waals surface area contributed by atoms with E-state index in [1.165, 1.54) is 0 Å². The molecule has 0 rings (SSSR count). The van der Waals surface area contributed by atoms with Crippen molar-refractivity contribution >= 4 is 5.91 Å². The lowest BCUT2D eigenvalue weighted by Gasteiger charge is -2.25. The highest BCUT2D eigenvalue weighted by molar-refractivity contribution is 5.78. The number of amides is 1. The van der Waals surface area contributed by atoms with Gasteiger partial charge in [0.25, 0.3) is 0 Å². The van der Waals surface area contributed by atoms with E-state index in [9.17, 15) is 9.90 Å². The quantitative estimate of drug-likeness (QED) is 0.572. The molecule has 2 atom stereocenters. The third-order valence-electron chi connectivity index (χ3n) is 1.91. The van der Waals surface area contributed by atoms with Gasteiger partial charge in [0.15, 0.2) is 0 Å². The molecule has 0 aromatic carbocycles. The standard InChI is InChI=1S/C8H18N2O2/c1-5-6(7(11)9-2)8(12)10(3)4/h6,8,12H,5H2,1-4H3,(H,9,11). The number of rotatable bonds is 4. The molecule has 72 valence electrons. The maximum absolute atomic E-state index is 11.2. The largest absolute Gasteiger partial charge is 0.378 e. The average molecular weight is 174 g/mol. The third kappa shape index (κ3) is 2.79. The first-order valence-corrected chi connectivity index (χ1v) is 4.10. The summed E-state index contributed by atoms with van der Waals surface area (Å²) in [6.07, 6.45) is -0.0612. The molecular formula is C8H18N2O2. The number of nitrogens with one attached hydrogen (secondary N) is 1. The van der Waals surface area contributed by atoms with Crippen LogP contribution in [0.5, 0.6) is 0 Å². The summed E-state index contributed by atoms with van der Waals surface area (Å²) in [7, 11) is 5.07. The van der Waals surface area contributed by atoms with Crippen LogP contribution in [0.1, 0.15) is 13.3 Å². The van der Waals surface area contributed by atoms with E-state index in [1.807, 2.05) is 6.92 Å². The topological polar surface area (TPSA) is 52.6 Å². The minimum Gasteiger partial charge on any atom is -0.378 e. The van der Waals surface area contributed by atoms with E-state index in [-0.39, 0.29) is 11.8 Å². The molecule has 0 aliphatic rings. The second-order valence-electron chi connectivity index (χ2n) is 3.01. The Morgan fingerprint density at radius 2 is 2.08 bits per heavy atom. The van der Waals surface area contributed by atoms with Crippen molar-refractivity contribution in [2.75, 3.05) is 21.1 Å². The molecule has 0 bridgehead atoms. The van der Waals surface area contributed by atoms with E-state index >= 15 is 0 Å². The number of hydrogen-bond acceptors (Lipinski definition) is 3. The van der Waals surface area contributed by atoms with Crippen LogP contribution < -0.4 is 5.32 Å². The zero-order valence-corrected chi connectivity index (χ0v) is 8.16. The van der Waals surface area contributed by atoms with E-state index in [4.69, 9.17) is 0 Å². The van der Waals surface area contributed by atoms with Gasteiger partial charge in [-0.05, 0) is 20.5 Å². The fourth-order valence-electron chi connectivity index (χ4n) is 1.08. The molecule has 0 aliphatic carbocycles. The number of carbonyl (C=O) groups is 1. The Morgan fingerprint density at radius 1 is 1.58 bits per heavy atom. The lowest BCUT2D eigenvalue weighted by Crippen LogP contribution is -2.42. The summed E-state index contributed by atoms with van der Waals surface area (Å²) >= 11 is 0. The molecule has 4 heteroatoms. The van der Waals surface area contributed by atoms with Crippen molar-refractivity contribution in [1.82, 2.24) is 10.2 Å². The highest BCUT2D eigenvalue weighted by atomic mass is 16.3. The summed E-state index contributed by atoms with van der Waals surface area (Å²) in [5, 5.41) is 12.1. The molecule has 0 saturated heterocycles. The van der Waals surface area contributed by atoms with Crippen molar-refractivity contribution in [3.8, 4) is 0 Å². The van der Waals surface area contributed by atoms with Gasteiger partial charge < -0.3 is 10.4 Å². The van der Waals surface area contributed by atoms with Crippen molar-refractivity contribution in [3.05, 3.63) is 0 Å². The molecule has 0 spiro atoms. The molecule has 2 N–H and O–H groups in total. The Morgan fingerprint density at radius 3 is 2.33 bits per heavy atom. The van der Waals surface area contributed by atoms with Gasteiger partial charge >= 0.3 is 0 Å². The molecule has 0 fully saturated rings. The summed E-state index contributed by atoms with van der Waals surface area (Å²) in [6, 6.07) is 0. The van der Waals surface area contributed by atoms with E-state index in [0.29, 0.717) is 6.42 Å². The summed E-state index contributed by atoms with van der Waals surface area (Å²) in [5.41, 5.74) is 0. The van der Waals surface area contributed by atoms with Gasteiger partial charge in [-0.25, -0.2) is 0 Å². The summed E-state index contributed by atoms with van der Waals surface area (Å²) in [6.45, 7) is 1.88. The van der Waals surface area contributed by atoms with Crippen molar-refractivity contribution in [2.24, 2.45) is 5.92 Å². The van der Waals surface area contributed by atoms with Crippen molar-refractivity contribution < 1.29 is 9.90 Å². The zero-order valence-electron chi connectivity index (χ0n) is 8.16. The average Bonchev–Trinajstić information content (AvgIpc) is 2.05. The first kappa shape index (κ1) is 11.4. The second-order valence-corrected chi connectivity index (χ2v) is 3.01. The van der Waals surface area contributed by atoms with Gasteiger partial charge in [0, 0.05) is 7.05 Å². The number of nitrogens with zero attached hydrogens (tertiary/aromatic N) is 1.